The fraction of sp³-hybridized carbons (Fsp3) is 0.111. The summed E-state index contributed by atoms with van der Waals surface area (Å²) in [7, 11) is 1.57. The maximum atomic E-state index is 13.2. The number of fused-ring (bicyclic) bond motifs is 1. The maximum Gasteiger partial charge on any atom is 0.205 e. The standard InChI is InChI=1S/C27H22N2O3/c1-18-26(22-10-6-7-11-23(22)29-18)27(30)21(16-28)14-20-12-13-24(31-2)25(15-20)32-17-19-8-4-3-5-9-19/h3-15,29H,17H2,1-2H3/b21-14+. The van der Waals surface area contributed by atoms with E-state index in [1.807, 2.05) is 61.5 Å². The molecule has 0 atom stereocenters. The largest absolute Gasteiger partial charge is 0.493 e. The summed E-state index contributed by atoms with van der Waals surface area (Å²) in [6.07, 6.45) is 1.58. The van der Waals surface area contributed by atoms with E-state index in [-0.39, 0.29) is 11.4 Å². The summed E-state index contributed by atoms with van der Waals surface area (Å²) in [6, 6.07) is 24.8. The summed E-state index contributed by atoms with van der Waals surface area (Å²) < 4.78 is 11.4. The Bertz CT molecular complexity index is 1340. The smallest absolute Gasteiger partial charge is 0.205 e. The fourth-order valence-corrected chi connectivity index (χ4v) is 3.65. The molecule has 0 saturated heterocycles. The lowest BCUT2D eigenvalue weighted by atomic mass is 9.99. The van der Waals surface area contributed by atoms with Crippen molar-refractivity contribution in [3.8, 4) is 17.6 Å². The van der Waals surface area contributed by atoms with Gasteiger partial charge in [0.15, 0.2) is 11.5 Å². The van der Waals surface area contributed by atoms with Gasteiger partial charge in [-0.3, -0.25) is 4.79 Å². The van der Waals surface area contributed by atoms with Crippen molar-refractivity contribution in [2.45, 2.75) is 13.5 Å². The van der Waals surface area contributed by atoms with Gasteiger partial charge in [0.1, 0.15) is 18.2 Å². The first-order chi connectivity index (χ1) is 15.6. The number of aromatic amines is 1. The van der Waals surface area contributed by atoms with Crippen LogP contribution < -0.4 is 9.47 Å². The molecular weight excluding hydrogens is 400 g/mol. The molecule has 0 aliphatic carbocycles. The minimum absolute atomic E-state index is 0.0528. The van der Waals surface area contributed by atoms with Crippen molar-refractivity contribution >= 4 is 22.8 Å². The Morgan fingerprint density at radius 1 is 1.03 bits per heavy atom. The van der Waals surface area contributed by atoms with Crippen LogP contribution in [0.4, 0.5) is 0 Å². The first-order valence-electron chi connectivity index (χ1n) is 10.2. The quantitative estimate of drug-likeness (QED) is 0.230. The Hall–Kier alpha value is -4.30. The molecule has 0 fully saturated rings. The molecule has 1 aromatic heterocycles. The van der Waals surface area contributed by atoms with Crippen molar-refractivity contribution in [2.75, 3.05) is 7.11 Å². The van der Waals surface area contributed by atoms with Crippen LogP contribution in [-0.2, 0) is 6.61 Å². The van der Waals surface area contributed by atoms with E-state index in [0.717, 1.165) is 22.2 Å². The van der Waals surface area contributed by atoms with Gasteiger partial charge >= 0.3 is 0 Å². The maximum absolute atomic E-state index is 13.2. The number of carbonyl (C=O) groups is 1. The first kappa shape index (κ1) is 21.0. The van der Waals surface area contributed by atoms with Crippen LogP contribution >= 0.6 is 0 Å². The second kappa shape index (κ2) is 9.23. The van der Waals surface area contributed by atoms with E-state index < -0.39 is 0 Å². The van der Waals surface area contributed by atoms with Crippen molar-refractivity contribution in [1.29, 1.82) is 5.26 Å². The van der Waals surface area contributed by atoms with Crippen molar-refractivity contribution in [1.82, 2.24) is 4.98 Å². The highest BCUT2D eigenvalue weighted by Gasteiger charge is 2.20. The van der Waals surface area contributed by atoms with Crippen LogP contribution in [0.5, 0.6) is 11.5 Å². The van der Waals surface area contributed by atoms with Gasteiger partial charge in [0.05, 0.1) is 12.7 Å². The number of allylic oxidation sites excluding steroid dienone is 1. The third-order valence-electron chi connectivity index (χ3n) is 5.22. The molecule has 3 aromatic carbocycles. The molecule has 32 heavy (non-hydrogen) atoms. The lowest BCUT2D eigenvalue weighted by Gasteiger charge is -2.12. The molecule has 158 valence electrons. The van der Waals surface area contributed by atoms with Gasteiger partial charge in [-0.05, 0) is 42.3 Å². The number of para-hydroxylation sites is 1. The molecule has 0 spiro atoms. The number of ketones is 1. The number of H-pyrrole nitrogens is 1. The molecule has 0 unspecified atom stereocenters. The highest BCUT2D eigenvalue weighted by molar-refractivity contribution is 6.20. The van der Waals surface area contributed by atoms with Gasteiger partial charge in [0, 0.05) is 16.6 Å². The van der Waals surface area contributed by atoms with Gasteiger partial charge < -0.3 is 14.5 Å². The lowest BCUT2D eigenvalue weighted by molar-refractivity contribution is 0.104. The molecule has 5 nitrogen and oxygen atoms in total. The number of nitriles is 1. The first-order valence-corrected chi connectivity index (χ1v) is 10.2. The molecule has 0 bridgehead atoms. The SMILES string of the molecule is COc1ccc(/C=C(\C#N)C(=O)c2c(C)[nH]c3ccccc23)cc1OCc1ccccc1. The Morgan fingerprint density at radius 3 is 2.53 bits per heavy atom. The molecule has 1 N–H and O–H groups in total. The van der Waals surface area contributed by atoms with Crippen LogP contribution in [0.25, 0.3) is 17.0 Å². The van der Waals surface area contributed by atoms with E-state index in [4.69, 9.17) is 9.47 Å². The Balaban J connectivity index is 1.66. The van der Waals surface area contributed by atoms with Gasteiger partial charge in [-0.2, -0.15) is 5.26 Å². The number of rotatable bonds is 7. The van der Waals surface area contributed by atoms with Crippen molar-refractivity contribution in [2.24, 2.45) is 0 Å². The van der Waals surface area contributed by atoms with Crippen LogP contribution in [0.15, 0.2) is 78.4 Å². The highest BCUT2D eigenvalue weighted by Crippen LogP contribution is 2.31. The van der Waals surface area contributed by atoms with Crippen molar-refractivity contribution in [3.05, 3.63) is 101 Å². The minimum Gasteiger partial charge on any atom is -0.493 e. The lowest BCUT2D eigenvalue weighted by Crippen LogP contribution is -2.03. The second-order valence-electron chi connectivity index (χ2n) is 7.35. The highest BCUT2D eigenvalue weighted by atomic mass is 16.5. The average Bonchev–Trinajstić information content (AvgIpc) is 3.17. The number of nitrogens with one attached hydrogen (secondary N) is 1. The summed E-state index contributed by atoms with van der Waals surface area (Å²) in [4.78, 5) is 16.4. The summed E-state index contributed by atoms with van der Waals surface area (Å²) in [5.74, 6) is 0.804. The Kier molecular flexibility index (Phi) is 6.05. The van der Waals surface area contributed by atoms with Crippen LogP contribution in [0.1, 0.15) is 27.2 Å². The number of benzene rings is 3. The van der Waals surface area contributed by atoms with E-state index in [1.54, 1.807) is 31.4 Å². The van der Waals surface area contributed by atoms with E-state index in [2.05, 4.69) is 11.1 Å². The number of carbonyl (C=O) groups excluding carboxylic acids is 1. The van der Waals surface area contributed by atoms with Crippen molar-refractivity contribution in [3.63, 3.8) is 0 Å². The van der Waals surface area contributed by atoms with Crippen LogP contribution in [0.2, 0.25) is 0 Å². The summed E-state index contributed by atoms with van der Waals surface area (Å²) in [6.45, 7) is 2.22. The molecule has 5 heteroatoms. The minimum atomic E-state index is -0.315. The van der Waals surface area contributed by atoms with Crippen LogP contribution in [-0.4, -0.2) is 17.9 Å². The second-order valence-corrected chi connectivity index (χ2v) is 7.35. The number of aryl methyl sites for hydroxylation is 1. The molecule has 0 amide bonds. The fourth-order valence-electron chi connectivity index (χ4n) is 3.65. The molecular formula is C27H22N2O3. The van der Waals surface area contributed by atoms with Gasteiger partial charge in [0.25, 0.3) is 0 Å². The average molecular weight is 422 g/mol. The van der Waals surface area contributed by atoms with Gasteiger partial charge in [-0.25, -0.2) is 0 Å². The summed E-state index contributed by atoms with van der Waals surface area (Å²) in [5.41, 5.74) is 3.87. The molecule has 1 heterocycles. The normalized spacial score (nSPS) is 11.2. The molecule has 4 rings (SSSR count). The molecule has 0 aliphatic heterocycles. The predicted molar refractivity (Wildman–Crippen MR) is 125 cm³/mol. The Morgan fingerprint density at radius 2 is 1.78 bits per heavy atom. The summed E-state index contributed by atoms with van der Waals surface area (Å²) in [5, 5.41) is 10.5. The number of nitrogens with zero attached hydrogens (tertiary/aromatic N) is 1. The van der Waals surface area contributed by atoms with Crippen LogP contribution in [0.3, 0.4) is 0 Å². The molecule has 4 aromatic rings. The third kappa shape index (κ3) is 4.26. The molecule has 0 saturated carbocycles. The zero-order valence-corrected chi connectivity index (χ0v) is 17.9. The molecule has 0 radical (unpaired) electrons. The van der Waals surface area contributed by atoms with Gasteiger partial charge in [-0.1, -0.05) is 54.6 Å². The third-order valence-corrected chi connectivity index (χ3v) is 5.22. The number of methoxy groups -OCH3 is 1. The Labute approximate surface area is 186 Å². The van der Waals surface area contributed by atoms with E-state index in [1.165, 1.54) is 0 Å². The number of Topliss-reactive ketones (excluding diaryl/α,β-unsaturated/α-hetero) is 1. The van der Waals surface area contributed by atoms with Gasteiger partial charge in [-0.15, -0.1) is 0 Å². The van der Waals surface area contributed by atoms with Crippen LogP contribution in [0, 0.1) is 18.3 Å². The number of hydrogen-bond acceptors (Lipinski definition) is 4. The van der Waals surface area contributed by atoms with E-state index >= 15 is 0 Å². The number of aromatic nitrogens is 1. The van der Waals surface area contributed by atoms with Crippen molar-refractivity contribution < 1.29 is 14.3 Å². The number of ether oxygens (including phenoxy) is 2. The topological polar surface area (TPSA) is 75.1 Å². The predicted octanol–water partition coefficient (Wildman–Crippen LogP) is 5.85. The number of hydrogen-bond donors (Lipinski definition) is 1. The monoisotopic (exact) mass is 422 g/mol. The molecule has 0 aliphatic rings. The van der Waals surface area contributed by atoms with Gasteiger partial charge in [0.2, 0.25) is 5.78 Å². The zero-order valence-electron chi connectivity index (χ0n) is 17.9. The summed E-state index contributed by atoms with van der Waals surface area (Å²) >= 11 is 0. The van der Waals surface area contributed by atoms with E-state index in [9.17, 15) is 10.1 Å². The van der Waals surface area contributed by atoms with E-state index in [0.29, 0.717) is 29.2 Å². The zero-order chi connectivity index (χ0) is 22.5.